The molecule has 1 aromatic carbocycles. The van der Waals surface area contributed by atoms with Crippen LogP contribution in [0.3, 0.4) is 0 Å². The van der Waals surface area contributed by atoms with E-state index in [1.807, 2.05) is 83.5 Å². The number of nitrogens with one attached hydrogen (secondary N) is 1. The second-order valence-electron chi connectivity index (χ2n) is 22.2. The van der Waals surface area contributed by atoms with E-state index < -0.39 is 47.6 Å². The van der Waals surface area contributed by atoms with E-state index in [1.54, 1.807) is 31.2 Å². The number of hydrogen-bond acceptors (Lipinski definition) is 13. The van der Waals surface area contributed by atoms with E-state index in [9.17, 15) is 39.0 Å². The number of ether oxygens (including phenoxy) is 2. The van der Waals surface area contributed by atoms with Gasteiger partial charge in [0.2, 0.25) is 29.5 Å². The predicted molar refractivity (Wildman–Crippen MR) is 284 cm³/mol. The van der Waals surface area contributed by atoms with E-state index in [-0.39, 0.29) is 90.1 Å². The highest BCUT2D eigenvalue weighted by Crippen LogP contribution is 2.63. The number of amides is 4. The van der Waals surface area contributed by atoms with Crippen molar-refractivity contribution in [1.82, 2.24) is 29.8 Å². The molecular formula is C57H90N6O12. The zero-order valence-electron chi connectivity index (χ0n) is 46.8. The van der Waals surface area contributed by atoms with Crippen LogP contribution >= 0.6 is 0 Å². The Bertz CT molecular complexity index is 2160. The van der Waals surface area contributed by atoms with Gasteiger partial charge < -0.3 is 39.6 Å². The number of hydrogen-bond donors (Lipinski definition) is 3. The van der Waals surface area contributed by atoms with Gasteiger partial charge in [0.05, 0.1) is 48.8 Å². The number of carbonyl (C=O) groups excluding carboxylic acids is 6. The number of carbonyl (C=O) groups is 6. The molecule has 1 saturated carbocycles. The first-order valence-electron chi connectivity index (χ1n) is 27.7. The lowest BCUT2D eigenvalue weighted by Crippen LogP contribution is -2.60. The van der Waals surface area contributed by atoms with Crippen molar-refractivity contribution >= 4 is 35.4 Å². The van der Waals surface area contributed by atoms with Gasteiger partial charge >= 0.3 is 5.97 Å². The van der Waals surface area contributed by atoms with Crippen LogP contribution < -0.4 is 10.2 Å². The number of likely N-dealkylation sites (tertiary alicyclic amines) is 1. The summed E-state index contributed by atoms with van der Waals surface area (Å²) in [6.07, 6.45) is 6.78. The lowest BCUT2D eigenvalue weighted by Gasteiger charge is -2.41. The molecule has 0 radical (unpaired) electrons. The molecule has 75 heavy (non-hydrogen) atoms. The van der Waals surface area contributed by atoms with Crippen molar-refractivity contribution < 1.29 is 58.1 Å². The van der Waals surface area contributed by atoms with E-state index in [2.05, 4.69) is 17.4 Å². The second-order valence-corrected chi connectivity index (χ2v) is 22.2. The molecule has 1 aliphatic carbocycles. The Morgan fingerprint density at radius 2 is 1.53 bits per heavy atom. The van der Waals surface area contributed by atoms with E-state index in [0.717, 1.165) is 31.2 Å². The Kier molecular flexibility index (Phi) is 23.0. The second kappa shape index (κ2) is 28.4. The van der Waals surface area contributed by atoms with E-state index in [1.165, 1.54) is 12.1 Å². The summed E-state index contributed by atoms with van der Waals surface area (Å²) >= 11 is 0. The number of likely N-dealkylation sites (N-methyl/N-ethyl adjacent to an activating group) is 2. The van der Waals surface area contributed by atoms with Crippen molar-refractivity contribution in [3.05, 3.63) is 48.0 Å². The number of methoxy groups -OCH3 is 2. The molecule has 2 aromatic rings. The highest BCUT2D eigenvalue weighted by molar-refractivity contribution is 5.90. The fraction of sp³-hybridized carbons (Fsp3) is 0.719. The van der Waals surface area contributed by atoms with Crippen LogP contribution in [0.1, 0.15) is 150 Å². The van der Waals surface area contributed by atoms with Gasteiger partial charge in [0.1, 0.15) is 11.8 Å². The Balaban J connectivity index is 1.18. The minimum Gasteiger partial charge on any atom is -0.492 e. The molecule has 3 aliphatic rings. The Morgan fingerprint density at radius 3 is 2.13 bits per heavy atom. The topological polar surface area (TPSA) is 210 Å². The lowest BCUT2D eigenvalue weighted by molar-refractivity contribution is -0.203. The zero-order chi connectivity index (χ0) is 55.1. The largest absolute Gasteiger partial charge is 0.492 e. The first-order valence-corrected chi connectivity index (χ1v) is 27.7. The van der Waals surface area contributed by atoms with Gasteiger partial charge in [-0.1, -0.05) is 91.6 Å². The summed E-state index contributed by atoms with van der Waals surface area (Å²) in [4.78, 5) is 100. The number of Topliss-reactive ketones (excluding diaryl/α,β-unsaturated/α-hetero) is 1. The fourth-order valence-corrected chi connectivity index (χ4v) is 11.8. The van der Waals surface area contributed by atoms with Gasteiger partial charge in [-0.25, -0.2) is 9.86 Å². The molecule has 2 saturated heterocycles. The third kappa shape index (κ3) is 15.3. The van der Waals surface area contributed by atoms with Gasteiger partial charge in [0.15, 0.2) is 0 Å². The monoisotopic (exact) mass is 1050 g/mol. The maximum absolute atomic E-state index is 14.7. The molecule has 420 valence electrons. The standard InChI is InChI=1S/C57H90N6O12/c1-12-39(6)52(60(9)55(70)50(37(2)3)58-54(69)51(38(4)5)59(8)31-18-14-17-27-49(68)75-63-46(65)28-29-47(63)66)45(72-10)35-48(67)61-32-22-25-43(61)53(73-11)40(7)44(64)26-21-30-57(56(71)62-33-19-20-34-74-62)36-42(57)41-23-15-13-16-24-41/h13,15-16,23-24,28-29,37-40,42-43,45,50-53,65-66H,12,14,17-22,25-27,30-36H2,1-11H3,(H,58,69). The molecule has 10 atom stereocenters. The van der Waals surface area contributed by atoms with Crippen molar-refractivity contribution in [1.29, 1.82) is 0 Å². The lowest BCUT2D eigenvalue weighted by atomic mass is 9.87. The summed E-state index contributed by atoms with van der Waals surface area (Å²) in [6.45, 7) is 15.8. The molecule has 0 spiro atoms. The summed E-state index contributed by atoms with van der Waals surface area (Å²) in [5.41, 5.74) is 0.526. The number of aromatic hydroxyl groups is 2. The third-order valence-corrected chi connectivity index (χ3v) is 16.3. The number of unbranched alkanes of at least 4 members (excludes halogenated alkanes) is 2. The predicted octanol–water partition coefficient (Wildman–Crippen LogP) is 6.90. The van der Waals surface area contributed by atoms with Crippen molar-refractivity contribution in [3.8, 4) is 11.8 Å². The van der Waals surface area contributed by atoms with Crippen molar-refractivity contribution in [2.24, 2.45) is 29.1 Å². The van der Waals surface area contributed by atoms with Crippen LogP contribution in [0.25, 0.3) is 0 Å². The molecule has 18 nitrogen and oxygen atoms in total. The van der Waals surface area contributed by atoms with E-state index in [0.29, 0.717) is 75.9 Å². The molecule has 3 heterocycles. The van der Waals surface area contributed by atoms with Gasteiger partial charge in [-0.3, -0.25) is 33.7 Å². The third-order valence-electron chi connectivity index (χ3n) is 16.3. The van der Waals surface area contributed by atoms with Crippen LogP contribution in [0, 0.1) is 29.1 Å². The van der Waals surface area contributed by atoms with Crippen molar-refractivity contribution in [2.75, 3.05) is 54.6 Å². The maximum Gasteiger partial charge on any atom is 0.333 e. The molecule has 3 fully saturated rings. The number of rotatable bonds is 30. The number of hydroxylamine groups is 2. The summed E-state index contributed by atoms with van der Waals surface area (Å²) in [5, 5.41) is 24.2. The number of benzene rings is 1. The number of nitrogens with zero attached hydrogens (tertiary/aromatic N) is 5. The maximum atomic E-state index is 14.7. The summed E-state index contributed by atoms with van der Waals surface area (Å²) < 4.78 is 12.9. The highest BCUT2D eigenvalue weighted by Gasteiger charge is 2.61. The normalized spacial score (nSPS) is 21.6. The molecule has 2 aliphatic heterocycles. The SMILES string of the molecule is CCC(C)C(C(CC(=O)N1CCCC1C(OC)C(C)C(=O)CCCC1(C(=O)N2CCCCO2)CC1c1ccccc1)OC)N(C)C(=O)C(NC(=O)C(C(C)C)N(C)CCCCCC(=O)On1c(O)ccc1O)C(C)C. The number of aromatic nitrogens is 1. The van der Waals surface area contributed by atoms with Crippen molar-refractivity contribution in [3.63, 3.8) is 0 Å². The Morgan fingerprint density at radius 1 is 0.840 bits per heavy atom. The summed E-state index contributed by atoms with van der Waals surface area (Å²) in [6, 6.07) is 10.3. The van der Waals surface area contributed by atoms with E-state index >= 15 is 0 Å². The molecule has 10 unspecified atom stereocenters. The minimum absolute atomic E-state index is 0.00175. The molecule has 3 N–H and O–H groups in total. The molecular weight excluding hydrogens is 961 g/mol. The van der Waals surface area contributed by atoms with Crippen LogP contribution in [0.15, 0.2) is 42.5 Å². The Hall–Kier alpha value is -5.04. The van der Waals surface area contributed by atoms with Crippen molar-refractivity contribution in [2.45, 2.75) is 181 Å². The van der Waals surface area contributed by atoms with Gasteiger partial charge in [-0.2, -0.15) is 0 Å². The molecule has 5 rings (SSSR count). The summed E-state index contributed by atoms with van der Waals surface area (Å²) in [5.74, 6) is -2.90. The van der Waals surface area contributed by atoms with Gasteiger partial charge in [-0.15, -0.1) is 4.73 Å². The highest BCUT2D eigenvalue weighted by atomic mass is 16.7. The van der Waals surface area contributed by atoms with Crippen LogP contribution in [0.5, 0.6) is 11.8 Å². The number of ketones is 1. The molecule has 1 aromatic heterocycles. The average Bonchev–Trinajstić information content (AvgIpc) is 3.78. The summed E-state index contributed by atoms with van der Waals surface area (Å²) in [7, 11) is 6.75. The quantitative estimate of drug-likeness (QED) is 0.0682. The van der Waals surface area contributed by atoms with Gasteiger partial charge in [0, 0.05) is 65.2 Å². The van der Waals surface area contributed by atoms with Crippen LogP contribution in [0.2, 0.25) is 0 Å². The first kappa shape index (κ1) is 60.8. The first-order chi connectivity index (χ1) is 35.7. The molecule has 4 amide bonds. The van der Waals surface area contributed by atoms with Gasteiger partial charge in [-0.05, 0) is 101 Å². The Labute approximate surface area is 446 Å². The average molecular weight is 1050 g/mol. The minimum atomic E-state index is -0.865. The molecule has 0 bridgehead atoms. The zero-order valence-corrected chi connectivity index (χ0v) is 46.8. The smallest absolute Gasteiger partial charge is 0.333 e. The van der Waals surface area contributed by atoms with E-state index in [4.69, 9.17) is 19.1 Å². The molecule has 18 heteroatoms. The van der Waals surface area contributed by atoms with Gasteiger partial charge in [0.25, 0.3) is 5.91 Å². The fourth-order valence-electron chi connectivity index (χ4n) is 11.8. The van der Waals surface area contributed by atoms with Crippen LogP contribution in [0.4, 0.5) is 0 Å². The van der Waals surface area contributed by atoms with Crippen LogP contribution in [-0.2, 0) is 43.1 Å². The van der Waals surface area contributed by atoms with Crippen LogP contribution in [-0.4, -0.2) is 161 Å².